The normalized spacial score (nSPS) is 12.0. The maximum absolute atomic E-state index is 12.5. The van der Waals surface area contributed by atoms with Crippen LogP contribution in [-0.4, -0.2) is 30.9 Å². The molecule has 0 saturated heterocycles. The maximum atomic E-state index is 12.5. The van der Waals surface area contributed by atoms with E-state index < -0.39 is 0 Å². The van der Waals surface area contributed by atoms with E-state index in [0.717, 1.165) is 0 Å². The van der Waals surface area contributed by atoms with Crippen LogP contribution in [0.1, 0.15) is 13.3 Å². The molecule has 25 heavy (non-hydrogen) atoms. The Labute approximate surface area is 153 Å². The van der Waals surface area contributed by atoms with Gasteiger partial charge < -0.3 is 9.73 Å². The quantitative estimate of drug-likeness (QED) is 0.477. The first kappa shape index (κ1) is 17.4. The lowest BCUT2D eigenvalue weighted by atomic mass is 10.3. The number of carbonyl (C=O) groups is 1. The predicted octanol–water partition coefficient (Wildman–Crippen LogP) is 3.69. The molecule has 0 aliphatic carbocycles. The van der Waals surface area contributed by atoms with E-state index in [9.17, 15) is 4.79 Å². The van der Waals surface area contributed by atoms with E-state index in [1.807, 2.05) is 22.9 Å². The Bertz CT molecular complexity index is 827. The van der Waals surface area contributed by atoms with Crippen molar-refractivity contribution in [3.63, 3.8) is 0 Å². The molecule has 0 spiro atoms. The Balaban J connectivity index is 1.80. The van der Waals surface area contributed by atoms with Gasteiger partial charge in [-0.2, -0.15) is 0 Å². The molecule has 0 saturated carbocycles. The number of aromatic nitrogens is 4. The number of amides is 1. The monoisotopic (exact) mass is 375 g/mol. The lowest BCUT2D eigenvalue weighted by Crippen LogP contribution is -2.25. The van der Waals surface area contributed by atoms with Crippen molar-refractivity contribution in [3.8, 4) is 11.6 Å². The molecule has 1 atom stereocenters. The lowest BCUT2D eigenvalue weighted by molar-refractivity contribution is -0.115. The van der Waals surface area contributed by atoms with Crippen molar-refractivity contribution < 1.29 is 9.21 Å². The molecule has 3 heterocycles. The van der Waals surface area contributed by atoms with Crippen molar-refractivity contribution in [3.05, 3.63) is 42.6 Å². The van der Waals surface area contributed by atoms with E-state index in [1.54, 1.807) is 24.6 Å². The molecular weight excluding hydrogens is 358 g/mol. The number of carbonyl (C=O) groups excluding carboxylic acids is 1. The number of hydrogen-bond acceptors (Lipinski definition) is 7. The zero-order valence-corrected chi connectivity index (χ0v) is 15.2. The highest BCUT2D eigenvalue weighted by Gasteiger charge is 2.24. The van der Waals surface area contributed by atoms with Crippen LogP contribution in [0.25, 0.3) is 11.6 Å². The fraction of sp³-hybridized carbons (Fsp3) is 0.250. The van der Waals surface area contributed by atoms with Gasteiger partial charge in [0.15, 0.2) is 16.0 Å². The highest BCUT2D eigenvalue weighted by molar-refractivity contribution is 8.00. The van der Waals surface area contributed by atoms with Gasteiger partial charge in [-0.25, -0.2) is 4.98 Å². The molecule has 0 aromatic carbocycles. The van der Waals surface area contributed by atoms with Crippen LogP contribution in [-0.2, 0) is 11.3 Å². The second kappa shape index (κ2) is 8.13. The zero-order valence-electron chi connectivity index (χ0n) is 13.6. The van der Waals surface area contributed by atoms with Gasteiger partial charge in [0.25, 0.3) is 0 Å². The number of nitrogens with zero attached hydrogens (tertiary/aromatic N) is 4. The summed E-state index contributed by atoms with van der Waals surface area (Å²) in [5, 5.41) is 14.0. The Morgan fingerprint density at radius 3 is 3.08 bits per heavy atom. The van der Waals surface area contributed by atoms with Crippen LogP contribution in [0.15, 0.2) is 52.2 Å². The number of allylic oxidation sites excluding steroid dienone is 1. The molecule has 7 nitrogen and oxygen atoms in total. The van der Waals surface area contributed by atoms with Gasteiger partial charge in [-0.05, 0) is 18.6 Å². The van der Waals surface area contributed by atoms with Crippen LogP contribution in [0, 0.1) is 0 Å². The van der Waals surface area contributed by atoms with Gasteiger partial charge in [-0.15, -0.1) is 28.1 Å². The minimum Gasteiger partial charge on any atom is -0.461 e. The van der Waals surface area contributed by atoms with Gasteiger partial charge in [0.2, 0.25) is 11.7 Å². The summed E-state index contributed by atoms with van der Waals surface area (Å²) in [5.74, 6) is 1.14. The van der Waals surface area contributed by atoms with Crippen molar-refractivity contribution in [2.75, 3.05) is 5.32 Å². The first-order chi connectivity index (χ1) is 12.2. The summed E-state index contributed by atoms with van der Waals surface area (Å²) < 4.78 is 7.30. The smallest absolute Gasteiger partial charge is 0.239 e. The van der Waals surface area contributed by atoms with Gasteiger partial charge in [0.1, 0.15) is 0 Å². The van der Waals surface area contributed by atoms with Crippen LogP contribution >= 0.6 is 23.1 Å². The average molecular weight is 375 g/mol. The topological polar surface area (TPSA) is 85.8 Å². The SMILES string of the molecule is C=CCn1c(S[C@H](CC)C(=O)Nc2nccs2)nnc1-c1ccco1. The largest absolute Gasteiger partial charge is 0.461 e. The summed E-state index contributed by atoms with van der Waals surface area (Å²) in [6, 6.07) is 3.62. The standard InChI is InChI=1S/C16H17N5O2S2/c1-3-8-21-13(11-6-5-9-23-11)19-20-16(21)25-12(4-2)14(22)18-15-17-7-10-24-15/h3,5-7,9-10,12H,1,4,8H2,2H3,(H,17,18,22)/t12-/m1/s1. The predicted molar refractivity (Wildman–Crippen MR) is 98.6 cm³/mol. The van der Waals surface area contributed by atoms with Crippen LogP contribution in [0.3, 0.4) is 0 Å². The molecule has 1 N–H and O–H groups in total. The van der Waals surface area contributed by atoms with E-state index in [0.29, 0.717) is 34.8 Å². The molecule has 1 amide bonds. The number of hydrogen-bond donors (Lipinski definition) is 1. The van der Waals surface area contributed by atoms with E-state index in [1.165, 1.54) is 23.1 Å². The fourth-order valence-corrected chi connectivity index (χ4v) is 3.67. The zero-order chi connectivity index (χ0) is 17.6. The van der Waals surface area contributed by atoms with Crippen LogP contribution < -0.4 is 5.32 Å². The highest BCUT2D eigenvalue weighted by Crippen LogP contribution is 2.29. The van der Waals surface area contributed by atoms with Crippen LogP contribution in [0.2, 0.25) is 0 Å². The third-order valence-electron chi connectivity index (χ3n) is 3.34. The van der Waals surface area contributed by atoms with Gasteiger partial charge in [0.05, 0.1) is 11.5 Å². The summed E-state index contributed by atoms with van der Waals surface area (Å²) in [6.07, 6.45) is 5.66. The lowest BCUT2D eigenvalue weighted by Gasteiger charge is -2.13. The van der Waals surface area contributed by atoms with Crippen molar-refractivity contribution in [2.45, 2.75) is 30.3 Å². The van der Waals surface area contributed by atoms with Crippen LogP contribution in [0.4, 0.5) is 5.13 Å². The second-order valence-electron chi connectivity index (χ2n) is 5.02. The van der Waals surface area contributed by atoms with Crippen molar-refractivity contribution in [2.24, 2.45) is 0 Å². The molecule has 0 bridgehead atoms. The fourth-order valence-electron chi connectivity index (χ4n) is 2.18. The summed E-state index contributed by atoms with van der Waals surface area (Å²) in [6.45, 7) is 6.26. The first-order valence-corrected chi connectivity index (χ1v) is 9.43. The number of anilines is 1. The van der Waals surface area contributed by atoms with Crippen molar-refractivity contribution in [1.29, 1.82) is 0 Å². The number of furan rings is 1. The number of thiazole rings is 1. The highest BCUT2D eigenvalue weighted by atomic mass is 32.2. The average Bonchev–Trinajstić information content (AvgIpc) is 3.35. The van der Waals surface area contributed by atoms with Gasteiger partial charge >= 0.3 is 0 Å². The Kier molecular flexibility index (Phi) is 5.67. The van der Waals surface area contributed by atoms with E-state index in [2.05, 4.69) is 27.1 Å². The third-order valence-corrected chi connectivity index (χ3v) is 5.38. The Morgan fingerprint density at radius 1 is 1.56 bits per heavy atom. The number of nitrogens with one attached hydrogen (secondary N) is 1. The molecule has 130 valence electrons. The first-order valence-electron chi connectivity index (χ1n) is 7.68. The molecule has 0 aliphatic rings. The Hall–Kier alpha value is -2.39. The summed E-state index contributed by atoms with van der Waals surface area (Å²) in [7, 11) is 0. The molecule has 0 unspecified atom stereocenters. The minimum absolute atomic E-state index is 0.102. The molecule has 0 aliphatic heterocycles. The van der Waals surface area contributed by atoms with E-state index in [-0.39, 0.29) is 11.2 Å². The van der Waals surface area contributed by atoms with E-state index in [4.69, 9.17) is 4.42 Å². The molecular formula is C16H17N5O2S2. The Morgan fingerprint density at radius 2 is 2.44 bits per heavy atom. The minimum atomic E-state index is -0.305. The third kappa shape index (κ3) is 3.99. The van der Waals surface area contributed by atoms with Gasteiger partial charge in [-0.3, -0.25) is 9.36 Å². The molecule has 9 heteroatoms. The molecule has 3 rings (SSSR count). The van der Waals surface area contributed by atoms with Crippen molar-refractivity contribution in [1.82, 2.24) is 19.7 Å². The molecule has 0 fully saturated rings. The maximum Gasteiger partial charge on any atom is 0.239 e. The summed E-state index contributed by atoms with van der Waals surface area (Å²) in [4.78, 5) is 16.6. The molecule has 0 radical (unpaired) electrons. The number of thioether (sulfide) groups is 1. The van der Waals surface area contributed by atoms with Gasteiger partial charge in [-0.1, -0.05) is 24.8 Å². The second-order valence-corrected chi connectivity index (χ2v) is 7.09. The molecule has 3 aromatic heterocycles. The van der Waals surface area contributed by atoms with Crippen molar-refractivity contribution >= 4 is 34.1 Å². The van der Waals surface area contributed by atoms with Gasteiger partial charge in [0, 0.05) is 18.1 Å². The van der Waals surface area contributed by atoms with Crippen LogP contribution in [0.5, 0.6) is 0 Å². The summed E-state index contributed by atoms with van der Waals surface area (Å²) >= 11 is 2.76. The van der Waals surface area contributed by atoms with E-state index >= 15 is 0 Å². The number of rotatable bonds is 8. The summed E-state index contributed by atoms with van der Waals surface area (Å²) in [5.41, 5.74) is 0. The molecule has 3 aromatic rings.